The maximum atomic E-state index is 15.1. The predicted octanol–water partition coefficient (Wildman–Crippen LogP) is 8.32. The van der Waals surface area contributed by atoms with Crippen molar-refractivity contribution in [2.45, 2.75) is 77.6 Å². The molecular weight excluding hydrogens is 432 g/mol. The van der Waals surface area contributed by atoms with Crippen LogP contribution in [0, 0.1) is 35.1 Å². The molecule has 0 heterocycles. The number of rotatable bonds is 10. The maximum Gasteiger partial charge on any atom is 0.338 e. The summed E-state index contributed by atoms with van der Waals surface area (Å²) in [5, 5.41) is 9.32. The molecule has 1 fully saturated rings. The van der Waals surface area contributed by atoms with E-state index in [4.69, 9.17) is 0 Å². The van der Waals surface area contributed by atoms with Gasteiger partial charge in [0.15, 0.2) is 17.5 Å². The van der Waals surface area contributed by atoms with Crippen LogP contribution < -0.4 is 0 Å². The Balaban J connectivity index is 1.73. The minimum Gasteiger partial charge on any atom is -0.478 e. The van der Waals surface area contributed by atoms with E-state index in [1.165, 1.54) is 38.2 Å². The van der Waals surface area contributed by atoms with Gasteiger partial charge in [0.05, 0.1) is 5.56 Å². The first kappa shape index (κ1) is 25.3. The molecule has 2 nitrogen and oxygen atoms in total. The molecule has 0 saturated heterocycles. The van der Waals surface area contributed by atoms with Crippen LogP contribution in [0.2, 0.25) is 0 Å². The maximum absolute atomic E-state index is 15.1. The van der Waals surface area contributed by atoms with E-state index in [9.17, 15) is 23.1 Å². The van der Waals surface area contributed by atoms with Crippen LogP contribution in [0.3, 0.4) is 0 Å². The van der Waals surface area contributed by atoms with Crippen molar-refractivity contribution in [3.63, 3.8) is 0 Å². The molecule has 2 aromatic rings. The number of carboxylic acid groups (broad SMARTS) is 1. The number of aromatic carboxylic acids is 1. The second-order valence-electron chi connectivity index (χ2n) is 9.29. The summed E-state index contributed by atoms with van der Waals surface area (Å²) in [7, 11) is 0. The molecule has 1 aliphatic carbocycles. The van der Waals surface area contributed by atoms with E-state index < -0.39 is 34.8 Å². The van der Waals surface area contributed by atoms with Gasteiger partial charge in [0.2, 0.25) is 0 Å². The van der Waals surface area contributed by atoms with Gasteiger partial charge < -0.3 is 5.11 Å². The van der Waals surface area contributed by atoms with Crippen LogP contribution >= 0.6 is 0 Å². The van der Waals surface area contributed by atoms with Gasteiger partial charge in [0.25, 0.3) is 0 Å². The van der Waals surface area contributed by atoms with E-state index in [0.29, 0.717) is 12.3 Å². The summed E-state index contributed by atoms with van der Waals surface area (Å²) < 4.78 is 56.2. The monoisotopic (exact) mass is 464 g/mol. The number of hydrogen-bond donors (Lipinski definition) is 1. The van der Waals surface area contributed by atoms with Crippen LogP contribution in [0.5, 0.6) is 0 Å². The number of hydrogen-bond acceptors (Lipinski definition) is 1. The van der Waals surface area contributed by atoms with Crippen LogP contribution in [0.1, 0.15) is 87.1 Å². The minimum atomic E-state index is -1.59. The van der Waals surface area contributed by atoms with Gasteiger partial charge in [-0.05, 0) is 59.6 Å². The summed E-state index contributed by atoms with van der Waals surface area (Å²) in [5.41, 5.74) is -0.178. The SMILES string of the molecule is CCCCCCC1CCC(CCc2c(-c3cc(F)c(F)c(F)c3)ccc(C(=O)O)c2F)CC1. The zero-order chi connectivity index (χ0) is 24.0. The third-order valence-corrected chi connectivity index (χ3v) is 7.00. The van der Waals surface area contributed by atoms with E-state index >= 15 is 4.39 Å². The highest BCUT2D eigenvalue weighted by atomic mass is 19.2. The van der Waals surface area contributed by atoms with Gasteiger partial charge in [-0.15, -0.1) is 0 Å². The van der Waals surface area contributed by atoms with Crippen LogP contribution in [0.4, 0.5) is 17.6 Å². The van der Waals surface area contributed by atoms with Gasteiger partial charge in [-0.25, -0.2) is 22.4 Å². The largest absolute Gasteiger partial charge is 0.478 e. The molecule has 0 unspecified atom stereocenters. The second-order valence-corrected chi connectivity index (χ2v) is 9.29. The lowest BCUT2D eigenvalue weighted by atomic mass is 9.77. The number of unbranched alkanes of at least 4 members (excludes halogenated alkanes) is 3. The Bertz CT molecular complexity index is 942. The number of carboxylic acids is 1. The van der Waals surface area contributed by atoms with Crippen LogP contribution in [0.25, 0.3) is 11.1 Å². The number of halogens is 4. The van der Waals surface area contributed by atoms with Crippen LogP contribution in [-0.2, 0) is 6.42 Å². The van der Waals surface area contributed by atoms with Crippen molar-refractivity contribution in [3.8, 4) is 11.1 Å². The van der Waals surface area contributed by atoms with E-state index in [1.807, 2.05) is 0 Å². The first-order chi connectivity index (χ1) is 15.8. The standard InChI is InChI=1S/C27H32F4O2/c1-2-3-4-5-6-17-7-9-18(10-8-17)11-12-21-20(13-14-22(25(21)30)27(32)33)19-15-23(28)26(31)24(29)16-19/h13-18H,2-12H2,1H3,(H,32,33). The molecule has 2 aromatic carbocycles. The van der Waals surface area contributed by atoms with Crippen molar-refractivity contribution in [1.82, 2.24) is 0 Å². The van der Waals surface area contributed by atoms with Crippen molar-refractivity contribution in [2.75, 3.05) is 0 Å². The molecule has 6 heteroatoms. The summed E-state index contributed by atoms with van der Waals surface area (Å²) in [4.78, 5) is 11.4. The number of carbonyl (C=O) groups is 1. The van der Waals surface area contributed by atoms with Gasteiger partial charge in [-0.1, -0.05) is 70.8 Å². The fourth-order valence-corrected chi connectivity index (χ4v) is 5.03. The third kappa shape index (κ3) is 6.36. The van der Waals surface area contributed by atoms with Crippen LogP contribution in [-0.4, -0.2) is 11.1 Å². The Morgan fingerprint density at radius 1 is 0.879 bits per heavy atom. The van der Waals surface area contributed by atoms with Crippen molar-refractivity contribution in [2.24, 2.45) is 11.8 Å². The Hall–Kier alpha value is -2.37. The summed E-state index contributed by atoms with van der Waals surface area (Å²) in [6.45, 7) is 2.20. The molecule has 0 amide bonds. The molecule has 180 valence electrons. The normalized spacial score (nSPS) is 18.5. The zero-order valence-electron chi connectivity index (χ0n) is 19.1. The highest BCUT2D eigenvalue weighted by molar-refractivity contribution is 5.89. The molecule has 0 aromatic heterocycles. The highest BCUT2D eigenvalue weighted by Gasteiger charge is 2.24. The van der Waals surface area contributed by atoms with Crippen molar-refractivity contribution in [3.05, 3.63) is 58.7 Å². The lowest BCUT2D eigenvalue weighted by Gasteiger charge is -2.29. The van der Waals surface area contributed by atoms with Gasteiger partial charge in [-0.2, -0.15) is 0 Å². The summed E-state index contributed by atoms with van der Waals surface area (Å²) >= 11 is 0. The minimum absolute atomic E-state index is 0.00646. The van der Waals surface area contributed by atoms with Gasteiger partial charge in [0, 0.05) is 0 Å². The average Bonchev–Trinajstić information content (AvgIpc) is 2.79. The zero-order valence-corrected chi connectivity index (χ0v) is 19.1. The summed E-state index contributed by atoms with van der Waals surface area (Å²) in [6.07, 6.45) is 11.6. The molecule has 0 spiro atoms. The lowest BCUT2D eigenvalue weighted by Crippen LogP contribution is -2.16. The summed E-state index contributed by atoms with van der Waals surface area (Å²) in [5.74, 6) is -5.47. The Morgan fingerprint density at radius 2 is 1.48 bits per heavy atom. The quantitative estimate of drug-likeness (QED) is 0.218. The molecular formula is C27H32F4O2. The fourth-order valence-electron chi connectivity index (χ4n) is 5.03. The van der Waals surface area contributed by atoms with Gasteiger partial charge in [-0.3, -0.25) is 0 Å². The highest BCUT2D eigenvalue weighted by Crippen LogP contribution is 2.36. The topological polar surface area (TPSA) is 37.3 Å². The second kappa shape index (κ2) is 11.7. The Kier molecular flexibility index (Phi) is 8.93. The van der Waals surface area contributed by atoms with Crippen molar-refractivity contribution < 1.29 is 27.5 Å². The van der Waals surface area contributed by atoms with Gasteiger partial charge in [0.1, 0.15) is 5.82 Å². The lowest BCUT2D eigenvalue weighted by molar-refractivity contribution is 0.0691. The molecule has 0 radical (unpaired) electrons. The van der Waals surface area contributed by atoms with E-state index in [0.717, 1.165) is 49.8 Å². The molecule has 3 rings (SSSR count). The average molecular weight is 465 g/mol. The Labute approximate surface area is 193 Å². The van der Waals surface area contributed by atoms with E-state index in [1.54, 1.807) is 0 Å². The van der Waals surface area contributed by atoms with E-state index in [2.05, 4.69) is 6.92 Å². The molecule has 1 N–H and O–H groups in total. The number of benzene rings is 2. The fraction of sp³-hybridized carbons (Fsp3) is 0.519. The first-order valence-corrected chi connectivity index (χ1v) is 12.0. The third-order valence-electron chi connectivity index (χ3n) is 7.00. The summed E-state index contributed by atoms with van der Waals surface area (Å²) in [6, 6.07) is 4.07. The molecule has 1 aliphatic rings. The molecule has 0 bridgehead atoms. The van der Waals surface area contributed by atoms with Crippen molar-refractivity contribution >= 4 is 5.97 Å². The van der Waals surface area contributed by atoms with Gasteiger partial charge >= 0.3 is 5.97 Å². The predicted molar refractivity (Wildman–Crippen MR) is 121 cm³/mol. The van der Waals surface area contributed by atoms with E-state index in [-0.39, 0.29) is 23.1 Å². The van der Waals surface area contributed by atoms with Crippen molar-refractivity contribution in [1.29, 1.82) is 0 Å². The molecule has 33 heavy (non-hydrogen) atoms. The first-order valence-electron chi connectivity index (χ1n) is 12.0. The molecule has 1 saturated carbocycles. The van der Waals surface area contributed by atoms with Crippen LogP contribution in [0.15, 0.2) is 24.3 Å². The molecule has 0 aliphatic heterocycles. The Morgan fingerprint density at radius 3 is 2.06 bits per heavy atom. The smallest absolute Gasteiger partial charge is 0.338 e. The molecule has 0 atom stereocenters.